The molecule has 0 radical (unpaired) electrons. The van der Waals surface area contributed by atoms with Crippen LogP contribution in [0, 0.1) is 23.2 Å². The molecule has 266 valence electrons. The zero-order valence-electron chi connectivity index (χ0n) is 28.0. The number of Topliss-reactive ketones (excluding diaryl/α,β-unsaturated/α-hetero) is 1. The Hall–Kier alpha value is -4.38. The summed E-state index contributed by atoms with van der Waals surface area (Å²) < 4.78 is 36.0. The molecule has 1 heterocycles. The Kier molecular flexibility index (Phi) is 10.2. The van der Waals surface area contributed by atoms with Crippen LogP contribution in [-0.4, -0.2) is 77.1 Å². The average molecular weight is 701 g/mol. The SMILES string of the molecule is C=CC[C@@H]1C[C@@]1(NC(=O)[C@@H]1C[C@@H](n2nnc(-c3ccc(OC)cc3)n2)CC1C(=O)C(NC(=O)OC1CCC1)C(C)(C)C)C(=O)NS(N)(=O)=O. The van der Waals surface area contributed by atoms with Gasteiger partial charge in [0.15, 0.2) is 5.78 Å². The minimum absolute atomic E-state index is 0.100. The normalized spacial score (nSPS) is 25.7. The number of ketones is 1. The van der Waals surface area contributed by atoms with E-state index < -0.39 is 74.7 Å². The van der Waals surface area contributed by atoms with E-state index in [0.29, 0.717) is 23.6 Å². The van der Waals surface area contributed by atoms with Gasteiger partial charge in [0.25, 0.3) is 16.1 Å². The Morgan fingerprint density at radius 3 is 2.39 bits per heavy atom. The highest BCUT2D eigenvalue weighted by molar-refractivity contribution is 7.87. The number of hydrogen-bond acceptors (Lipinski definition) is 11. The first-order valence-corrected chi connectivity index (χ1v) is 17.8. The first kappa shape index (κ1) is 35.9. The number of alkyl carbamates (subject to hydrolysis) is 1. The molecule has 0 aliphatic heterocycles. The molecule has 2 aromatic rings. The van der Waals surface area contributed by atoms with Crippen LogP contribution >= 0.6 is 0 Å². The molecule has 3 fully saturated rings. The monoisotopic (exact) mass is 700 g/mol. The lowest BCUT2D eigenvalue weighted by atomic mass is 9.77. The number of tetrazole rings is 1. The van der Waals surface area contributed by atoms with Gasteiger partial charge in [0, 0.05) is 17.4 Å². The summed E-state index contributed by atoms with van der Waals surface area (Å²) in [6.45, 7) is 9.10. The van der Waals surface area contributed by atoms with Gasteiger partial charge in [0.05, 0.1) is 19.2 Å². The van der Waals surface area contributed by atoms with Crippen LogP contribution in [-0.2, 0) is 29.3 Å². The van der Waals surface area contributed by atoms with Gasteiger partial charge in [-0.25, -0.2) is 14.7 Å². The summed E-state index contributed by atoms with van der Waals surface area (Å²) >= 11 is 0. The van der Waals surface area contributed by atoms with E-state index in [1.165, 1.54) is 4.80 Å². The quantitative estimate of drug-likeness (QED) is 0.221. The summed E-state index contributed by atoms with van der Waals surface area (Å²) in [5.41, 5.74) is -1.65. The largest absolute Gasteiger partial charge is 0.497 e. The zero-order chi connectivity index (χ0) is 35.7. The number of allylic oxidation sites excluding steroid dienone is 1. The lowest BCUT2D eigenvalue weighted by molar-refractivity contribution is -0.137. The Morgan fingerprint density at radius 1 is 1.14 bits per heavy atom. The van der Waals surface area contributed by atoms with E-state index in [2.05, 4.69) is 32.6 Å². The van der Waals surface area contributed by atoms with Crippen LogP contribution in [0.4, 0.5) is 4.79 Å². The number of nitrogens with two attached hydrogens (primary N) is 1. The van der Waals surface area contributed by atoms with E-state index in [0.717, 1.165) is 19.3 Å². The van der Waals surface area contributed by atoms with Crippen molar-refractivity contribution >= 4 is 33.9 Å². The molecule has 6 atom stereocenters. The van der Waals surface area contributed by atoms with Crippen LogP contribution in [0.25, 0.3) is 11.4 Å². The third kappa shape index (κ3) is 8.09. The molecule has 16 nitrogen and oxygen atoms in total. The van der Waals surface area contributed by atoms with Crippen molar-refractivity contribution in [3.63, 3.8) is 0 Å². The highest BCUT2D eigenvalue weighted by atomic mass is 32.2. The lowest BCUT2D eigenvalue weighted by Crippen LogP contribution is -2.56. The Bertz CT molecular complexity index is 1700. The second-order valence-electron chi connectivity index (χ2n) is 14.2. The molecular weight excluding hydrogens is 656 g/mol. The van der Waals surface area contributed by atoms with Crippen LogP contribution in [0.1, 0.15) is 71.8 Å². The van der Waals surface area contributed by atoms with E-state index in [9.17, 15) is 27.6 Å². The summed E-state index contributed by atoms with van der Waals surface area (Å²) in [5.74, 6) is -3.37. The number of ether oxygens (including phenoxy) is 2. The number of benzene rings is 1. The van der Waals surface area contributed by atoms with Crippen molar-refractivity contribution in [2.75, 3.05) is 7.11 Å². The maximum absolute atomic E-state index is 14.4. The van der Waals surface area contributed by atoms with Gasteiger partial charge in [-0.05, 0) is 85.8 Å². The van der Waals surface area contributed by atoms with Crippen molar-refractivity contribution in [1.29, 1.82) is 0 Å². The van der Waals surface area contributed by atoms with E-state index in [1.807, 2.05) is 0 Å². The average Bonchev–Trinajstić information content (AvgIpc) is 3.33. The molecule has 1 aromatic carbocycles. The summed E-state index contributed by atoms with van der Waals surface area (Å²) in [6.07, 6.45) is 3.83. The van der Waals surface area contributed by atoms with Crippen LogP contribution in [0.15, 0.2) is 36.9 Å². The number of methoxy groups -OCH3 is 1. The van der Waals surface area contributed by atoms with Crippen LogP contribution in [0.3, 0.4) is 0 Å². The molecule has 2 unspecified atom stereocenters. The number of amides is 3. The molecule has 3 saturated carbocycles. The van der Waals surface area contributed by atoms with Crippen molar-refractivity contribution in [3.05, 3.63) is 36.9 Å². The second-order valence-corrected chi connectivity index (χ2v) is 15.5. The number of hydrogen-bond donors (Lipinski definition) is 4. The molecule has 0 bridgehead atoms. The number of rotatable bonds is 13. The first-order valence-electron chi connectivity index (χ1n) is 16.3. The zero-order valence-corrected chi connectivity index (χ0v) is 28.9. The fourth-order valence-electron chi connectivity index (χ4n) is 6.60. The predicted octanol–water partition coefficient (Wildman–Crippen LogP) is 1.95. The molecule has 3 aliphatic carbocycles. The molecule has 3 aliphatic rings. The van der Waals surface area contributed by atoms with Gasteiger partial charge in [-0.2, -0.15) is 13.2 Å². The molecule has 5 N–H and O–H groups in total. The molecule has 1 aromatic heterocycles. The van der Waals surface area contributed by atoms with Gasteiger partial charge in [-0.3, -0.25) is 14.4 Å². The van der Waals surface area contributed by atoms with Gasteiger partial charge < -0.3 is 20.1 Å². The summed E-state index contributed by atoms with van der Waals surface area (Å²) in [5, 5.41) is 23.6. The van der Waals surface area contributed by atoms with E-state index >= 15 is 0 Å². The van der Waals surface area contributed by atoms with E-state index in [1.54, 1.807) is 62.9 Å². The van der Waals surface area contributed by atoms with E-state index in [4.69, 9.17) is 14.6 Å². The Morgan fingerprint density at radius 2 is 1.82 bits per heavy atom. The minimum Gasteiger partial charge on any atom is -0.497 e. The van der Waals surface area contributed by atoms with Crippen LogP contribution in [0.2, 0.25) is 0 Å². The Labute approximate surface area is 285 Å². The standard InChI is InChI=1S/C32H44N8O8S/c1-6-8-19-17-32(19,29(43)38-49(33,45)46)35-28(42)24-16-20(40-37-27(36-39-40)18-11-13-21(47-5)14-12-18)15-23(24)25(41)26(31(2,3)4)34-30(44)48-22-9-7-10-22/h6,11-14,19-20,22-24,26H,1,7-10,15-17H2,2-5H3,(H,34,44)(H,35,42)(H,38,43)(H2,33,45,46)/t19-,20+,23?,24-,26?,32+/m1/s1. The maximum Gasteiger partial charge on any atom is 0.408 e. The fourth-order valence-corrected chi connectivity index (χ4v) is 7.04. The topological polar surface area (TPSA) is 227 Å². The number of nitrogens with one attached hydrogen (secondary N) is 3. The van der Waals surface area contributed by atoms with Gasteiger partial charge in [0.1, 0.15) is 17.4 Å². The molecule has 0 spiro atoms. The maximum atomic E-state index is 14.4. The highest BCUT2D eigenvalue weighted by Crippen LogP contribution is 2.48. The smallest absolute Gasteiger partial charge is 0.408 e. The number of carbonyl (C=O) groups is 4. The minimum atomic E-state index is -4.42. The Balaban J connectivity index is 1.43. The number of nitrogens with zero attached hydrogens (tertiary/aromatic N) is 4. The van der Waals surface area contributed by atoms with Crippen molar-refractivity contribution in [3.8, 4) is 17.1 Å². The number of aromatic nitrogens is 4. The third-order valence-corrected chi connectivity index (χ3v) is 10.1. The first-order chi connectivity index (χ1) is 23.0. The summed E-state index contributed by atoms with van der Waals surface area (Å²) in [6, 6.07) is 5.50. The van der Waals surface area contributed by atoms with Crippen molar-refractivity contribution < 1.29 is 37.1 Å². The molecular formula is C32H44N8O8S. The van der Waals surface area contributed by atoms with Crippen molar-refractivity contribution in [2.24, 2.45) is 28.3 Å². The molecule has 17 heteroatoms. The van der Waals surface area contributed by atoms with Crippen LogP contribution < -0.4 is 25.2 Å². The van der Waals surface area contributed by atoms with Gasteiger partial charge in [-0.1, -0.05) is 26.8 Å². The third-order valence-electron chi connectivity index (χ3n) is 9.62. The highest BCUT2D eigenvalue weighted by Gasteiger charge is 2.62. The molecule has 5 rings (SSSR count). The lowest BCUT2D eigenvalue weighted by Gasteiger charge is -2.34. The second kappa shape index (κ2) is 13.9. The van der Waals surface area contributed by atoms with Crippen LogP contribution in [0.5, 0.6) is 5.75 Å². The predicted molar refractivity (Wildman–Crippen MR) is 176 cm³/mol. The van der Waals surface area contributed by atoms with Gasteiger partial charge in [0.2, 0.25) is 11.7 Å². The van der Waals surface area contributed by atoms with E-state index in [-0.39, 0.29) is 25.4 Å². The van der Waals surface area contributed by atoms with Gasteiger partial charge >= 0.3 is 6.09 Å². The van der Waals surface area contributed by atoms with Crippen molar-refractivity contribution in [1.82, 2.24) is 35.6 Å². The van der Waals surface area contributed by atoms with Crippen molar-refractivity contribution in [2.45, 2.75) is 89.4 Å². The molecule has 49 heavy (non-hydrogen) atoms. The summed E-state index contributed by atoms with van der Waals surface area (Å²) in [7, 11) is -2.86. The summed E-state index contributed by atoms with van der Waals surface area (Å²) in [4.78, 5) is 56.0. The molecule has 0 saturated heterocycles. The number of carbonyl (C=O) groups excluding carboxylic acids is 4. The fraction of sp³-hybridized carbons (Fsp3) is 0.594. The van der Waals surface area contributed by atoms with Gasteiger partial charge in [-0.15, -0.1) is 16.8 Å². The molecule has 3 amide bonds.